The first-order chi connectivity index (χ1) is 41.2. The molecule has 1 fully saturated rings. The van der Waals surface area contributed by atoms with Crippen LogP contribution in [0.15, 0.2) is 24.3 Å². The fourth-order valence-electron chi connectivity index (χ4n) is 12.1. The van der Waals surface area contributed by atoms with Crippen LogP contribution in [0.25, 0.3) is 0 Å². The van der Waals surface area contributed by atoms with Gasteiger partial charge in [0.1, 0.15) is 36.6 Å². The van der Waals surface area contributed by atoms with E-state index in [4.69, 9.17) is 9.47 Å². The molecular weight excluding hydrogens is 1050 g/mol. The minimum absolute atomic E-state index is 0.249. The third-order valence-electron chi connectivity index (χ3n) is 18.0. The Morgan fingerprint density at radius 2 is 0.714 bits per heavy atom. The van der Waals surface area contributed by atoms with Crippen molar-refractivity contribution in [3.05, 3.63) is 24.3 Å². The molecule has 498 valence electrons. The number of hydrogen-bond donors (Lipinski definition) is 8. The van der Waals surface area contributed by atoms with Crippen molar-refractivity contribution < 1.29 is 50.0 Å². The van der Waals surface area contributed by atoms with Crippen LogP contribution in [0, 0.1) is 0 Å². The van der Waals surface area contributed by atoms with Gasteiger partial charge in [-0.15, -0.1) is 0 Å². The molecule has 0 radical (unpaired) electrons. The molecule has 9 atom stereocenters. The van der Waals surface area contributed by atoms with Crippen molar-refractivity contribution >= 4 is 5.91 Å². The molecule has 0 aromatic heterocycles. The number of amides is 1. The Hall–Kier alpha value is -1.41. The van der Waals surface area contributed by atoms with Gasteiger partial charge in [-0.2, -0.15) is 0 Å². The van der Waals surface area contributed by atoms with Gasteiger partial charge < -0.3 is 50.5 Å². The summed E-state index contributed by atoms with van der Waals surface area (Å²) >= 11 is 0. The van der Waals surface area contributed by atoms with Gasteiger partial charge in [0.25, 0.3) is 0 Å². The fraction of sp³-hybridized carbons (Fsp3) is 0.932. The fourth-order valence-corrected chi connectivity index (χ4v) is 12.1. The lowest BCUT2D eigenvalue weighted by Gasteiger charge is -2.40. The van der Waals surface area contributed by atoms with Gasteiger partial charge in [0.05, 0.1) is 25.4 Å². The minimum atomic E-state index is -1.67. The Morgan fingerprint density at radius 1 is 0.405 bits per heavy atom. The highest BCUT2D eigenvalue weighted by Crippen LogP contribution is 2.24. The van der Waals surface area contributed by atoms with E-state index in [1.54, 1.807) is 0 Å². The molecule has 0 bridgehead atoms. The Labute approximate surface area is 518 Å². The molecule has 1 amide bonds. The summed E-state index contributed by atoms with van der Waals surface area (Å²) in [6, 6.07) is -1.19. The number of unbranched alkanes of at least 4 members (excludes halogenated alkanes) is 49. The maximum atomic E-state index is 13.3. The van der Waals surface area contributed by atoms with Crippen molar-refractivity contribution in [2.24, 2.45) is 0 Å². The highest BCUT2D eigenvalue weighted by atomic mass is 16.7. The molecule has 0 aliphatic carbocycles. The van der Waals surface area contributed by atoms with E-state index in [0.717, 1.165) is 38.5 Å². The molecule has 11 nitrogen and oxygen atoms in total. The van der Waals surface area contributed by atoms with Crippen LogP contribution in [0.5, 0.6) is 0 Å². The Balaban J connectivity index is 2.20. The molecule has 1 saturated heterocycles. The smallest absolute Gasteiger partial charge is 0.249 e. The summed E-state index contributed by atoms with van der Waals surface area (Å²) in [4.78, 5) is 13.3. The van der Waals surface area contributed by atoms with Crippen molar-refractivity contribution in [3.8, 4) is 0 Å². The van der Waals surface area contributed by atoms with Gasteiger partial charge in [-0.05, 0) is 51.4 Å². The van der Waals surface area contributed by atoms with Gasteiger partial charge in [-0.1, -0.05) is 340 Å². The summed E-state index contributed by atoms with van der Waals surface area (Å²) in [5.41, 5.74) is 0. The average Bonchev–Trinajstić information content (AvgIpc) is 3.66. The van der Waals surface area contributed by atoms with Crippen molar-refractivity contribution in [2.45, 2.75) is 422 Å². The standard InChI is InChI=1S/C73H141NO10/c1-3-5-7-9-11-13-15-17-19-21-23-25-27-29-31-33-35-36-38-40-42-44-46-48-50-52-54-56-58-60-65(76)68(78)64(63-83-73-71(81)70(80)69(79)67(62-75)84-73)74-72(82)66(77)61-59-57-55-53-51-49-47-45-43-41-39-37-34-32-30-28-26-24-22-20-18-16-14-12-10-8-6-4-2/h44,46,52,54,64-71,73,75-81H,3-43,45,47-51,53,55-63H2,1-2H3,(H,74,82)/b46-44+,54-52+. The molecule has 84 heavy (non-hydrogen) atoms. The van der Waals surface area contributed by atoms with E-state index in [9.17, 15) is 40.5 Å². The number of aliphatic hydroxyl groups excluding tert-OH is 7. The molecule has 1 aliphatic heterocycles. The molecule has 11 heteroatoms. The number of rotatable bonds is 65. The zero-order valence-corrected chi connectivity index (χ0v) is 55.2. The summed E-state index contributed by atoms with van der Waals surface area (Å²) in [5.74, 6) is -0.702. The highest BCUT2D eigenvalue weighted by Gasteiger charge is 2.44. The van der Waals surface area contributed by atoms with Gasteiger partial charge in [0, 0.05) is 0 Å². The lowest BCUT2D eigenvalue weighted by Crippen LogP contribution is -2.60. The van der Waals surface area contributed by atoms with E-state index in [2.05, 4.69) is 43.5 Å². The van der Waals surface area contributed by atoms with Crippen molar-refractivity contribution in [1.82, 2.24) is 5.32 Å². The highest BCUT2D eigenvalue weighted by molar-refractivity contribution is 5.80. The second-order valence-corrected chi connectivity index (χ2v) is 26.0. The first-order valence-corrected chi connectivity index (χ1v) is 36.7. The molecular formula is C73H141NO10. The van der Waals surface area contributed by atoms with Crippen LogP contribution >= 0.6 is 0 Å². The van der Waals surface area contributed by atoms with E-state index in [1.165, 1.54) is 283 Å². The summed E-state index contributed by atoms with van der Waals surface area (Å²) < 4.78 is 11.2. The van der Waals surface area contributed by atoms with E-state index < -0.39 is 74.2 Å². The Bertz CT molecular complexity index is 1420. The predicted molar refractivity (Wildman–Crippen MR) is 353 cm³/mol. The largest absolute Gasteiger partial charge is 0.394 e. The summed E-state index contributed by atoms with van der Waals surface area (Å²) in [7, 11) is 0. The number of allylic oxidation sites excluding steroid dienone is 4. The van der Waals surface area contributed by atoms with E-state index in [0.29, 0.717) is 19.3 Å². The lowest BCUT2D eigenvalue weighted by atomic mass is 9.98. The van der Waals surface area contributed by atoms with Gasteiger partial charge in [0.15, 0.2) is 6.29 Å². The van der Waals surface area contributed by atoms with Crippen molar-refractivity contribution in [1.29, 1.82) is 0 Å². The van der Waals surface area contributed by atoms with E-state index >= 15 is 0 Å². The first-order valence-electron chi connectivity index (χ1n) is 36.7. The number of carbonyl (C=O) groups is 1. The van der Waals surface area contributed by atoms with E-state index in [1.807, 2.05) is 0 Å². The second kappa shape index (κ2) is 61.8. The topological polar surface area (TPSA) is 189 Å². The van der Waals surface area contributed by atoms with Crippen LogP contribution in [0.2, 0.25) is 0 Å². The van der Waals surface area contributed by atoms with Crippen LogP contribution in [-0.4, -0.2) is 110 Å². The van der Waals surface area contributed by atoms with Crippen LogP contribution < -0.4 is 5.32 Å². The zero-order valence-electron chi connectivity index (χ0n) is 55.2. The number of nitrogens with one attached hydrogen (secondary N) is 1. The molecule has 1 aliphatic rings. The van der Waals surface area contributed by atoms with Gasteiger partial charge >= 0.3 is 0 Å². The average molecular weight is 1190 g/mol. The first kappa shape index (κ1) is 80.6. The number of ether oxygens (including phenoxy) is 2. The summed E-state index contributed by atoms with van der Waals surface area (Å²) in [6.45, 7) is 3.50. The summed E-state index contributed by atoms with van der Waals surface area (Å²) in [6.07, 6.45) is 67.1. The third kappa shape index (κ3) is 48.5. The molecule has 8 N–H and O–H groups in total. The lowest BCUT2D eigenvalue weighted by molar-refractivity contribution is -0.303. The van der Waals surface area contributed by atoms with Gasteiger partial charge in [-0.25, -0.2) is 0 Å². The van der Waals surface area contributed by atoms with Crippen molar-refractivity contribution in [2.75, 3.05) is 13.2 Å². The SMILES string of the molecule is CCCCCCCCCCCCCCCCCCCCCC/C=C/CC/C=C/CCCC(O)C(O)C(COC1OC(CO)C(O)C(O)C1O)NC(=O)C(O)CCCCCCCCCCCCCCCCCCCCCCCCCCCCCC. The molecule has 0 aromatic carbocycles. The summed E-state index contributed by atoms with van der Waals surface area (Å²) in [5, 5.41) is 76.5. The molecule has 1 rings (SSSR count). The number of aliphatic hydroxyl groups is 7. The Kier molecular flexibility index (Phi) is 59.3. The maximum Gasteiger partial charge on any atom is 0.249 e. The number of carbonyl (C=O) groups excluding carboxylic acids is 1. The molecule has 1 heterocycles. The van der Waals surface area contributed by atoms with Crippen LogP contribution in [0.1, 0.15) is 367 Å². The number of hydrogen-bond acceptors (Lipinski definition) is 10. The third-order valence-corrected chi connectivity index (χ3v) is 18.0. The minimum Gasteiger partial charge on any atom is -0.394 e. The molecule has 0 aromatic rings. The zero-order chi connectivity index (χ0) is 61.0. The maximum absolute atomic E-state index is 13.3. The quantitative estimate of drug-likeness (QED) is 0.0215. The van der Waals surface area contributed by atoms with E-state index in [-0.39, 0.29) is 12.8 Å². The second-order valence-electron chi connectivity index (χ2n) is 26.0. The van der Waals surface area contributed by atoms with Gasteiger partial charge in [-0.3, -0.25) is 4.79 Å². The van der Waals surface area contributed by atoms with Crippen molar-refractivity contribution in [3.63, 3.8) is 0 Å². The molecule has 0 saturated carbocycles. The van der Waals surface area contributed by atoms with Crippen LogP contribution in [0.3, 0.4) is 0 Å². The molecule has 0 spiro atoms. The monoisotopic (exact) mass is 1190 g/mol. The van der Waals surface area contributed by atoms with Gasteiger partial charge in [0.2, 0.25) is 5.91 Å². The molecule has 9 unspecified atom stereocenters. The van der Waals surface area contributed by atoms with Crippen LogP contribution in [0.4, 0.5) is 0 Å². The predicted octanol–water partition coefficient (Wildman–Crippen LogP) is 18.0. The normalized spacial score (nSPS) is 19.0. The van der Waals surface area contributed by atoms with Crippen LogP contribution in [-0.2, 0) is 14.3 Å². The Morgan fingerprint density at radius 3 is 1.06 bits per heavy atom.